The van der Waals surface area contributed by atoms with Gasteiger partial charge in [-0.3, -0.25) is 4.79 Å². The smallest absolute Gasteiger partial charge is 0.252 e. The van der Waals surface area contributed by atoms with Crippen molar-refractivity contribution in [1.29, 1.82) is 0 Å². The second-order valence-electron chi connectivity index (χ2n) is 7.64. The van der Waals surface area contributed by atoms with Crippen molar-refractivity contribution in [2.45, 2.75) is 56.9 Å². The fourth-order valence-electron chi connectivity index (χ4n) is 3.43. The molecule has 0 fully saturated rings. The van der Waals surface area contributed by atoms with E-state index in [2.05, 4.69) is 31.3 Å². The highest BCUT2D eigenvalue weighted by molar-refractivity contribution is 7.91. The van der Waals surface area contributed by atoms with Gasteiger partial charge in [-0.2, -0.15) is 0 Å². The third-order valence-corrected chi connectivity index (χ3v) is 6.66. The zero-order chi connectivity index (χ0) is 20.1. The van der Waals surface area contributed by atoms with Gasteiger partial charge in [-0.05, 0) is 42.9 Å². The average Bonchev–Trinajstić information content (AvgIpc) is 2.62. The van der Waals surface area contributed by atoms with Gasteiger partial charge in [0, 0.05) is 6.04 Å². The number of rotatable bonds is 8. The molecule has 2 aromatic carbocycles. The van der Waals surface area contributed by atoms with E-state index in [4.69, 9.17) is 0 Å². The van der Waals surface area contributed by atoms with Crippen LogP contribution < -0.4 is 5.32 Å². The Morgan fingerprint density at radius 3 is 2.26 bits per heavy atom. The number of sulfone groups is 1. The van der Waals surface area contributed by atoms with Crippen LogP contribution >= 0.6 is 0 Å². The molecule has 0 saturated heterocycles. The van der Waals surface area contributed by atoms with E-state index in [9.17, 15) is 13.2 Å². The van der Waals surface area contributed by atoms with Crippen molar-refractivity contribution in [1.82, 2.24) is 5.32 Å². The highest BCUT2D eigenvalue weighted by atomic mass is 32.2. The van der Waals surface area contributed by atoms with Crippen molar-refractivity contribution in [2.75, 3.05) is 5.75 Å². The summed E-state index contributed by atoms with van der Waals surface area (Å²) in [5.41, 5.74) is 1.31. The van der Waals surface area contributed by atoms with Crippen LogP contribution in [0.5, 0.6) is 0 Å². The molecule has 146 valence electrons. The molecule has 1 unspecified atom stereocenters. The van der Waals surface area contributed by atoms with Crippen LogP contribution in [0.25, 0.3) is 0 Å². The van der Waals surface area contributed by atoms with Gasteiger partial charge in [-0.25, -0.2) is 8.42 Å². The molecule has 0 aliphatic rings. The predicted octanol–water partition coefficient (Wildman–Crippen LogP) is 4.36. The van der Waals surface area contributed by atoms with Crippen LogP contribution in [0, 0.1) is 0 Å². The maximum Gasteiger partial charge on any atom is 0.252 e. The van der Waals surface area contributed by atoms with E-state index < -0.39 is 9.84 Å². The second kappa shape index (κ2) is 8.70. The molecule has 4 nitrogen and oxygen atoms in total. The standard InChI is InChI=1S/C22H29NO3S/c1-5-15-27(25,26)20-14-10-9-13-19(20)21(24)23-17(2)16-22(3,4)18-11-7-6-8-12-18/h6-14,17H,5,15-16H2,1-4H3,(H,23,24). The van der Waals surface area contributed by atoms with E-state index in [0.29, 0.717) is 6.42 Å². The van der Waals surface area contributed by atoms with Gasteiger partial charge in [-0.1, -0.05) is 63.2 Å². The molecule has 5 heteroatoms. The lowest BCUT2D eigenvalue weighted by Gasteiger charge is -2.29. The van der Waals surface area contributed by atoms with Gasteiger partial charge < -0.3 is 5.32 Å². The van der Waals surface area contributed by atoms with Gasteiger partial charge in [0.05, 0.1) is 16.2 Å². The molecule has 1 atom stereocenters. The zero-order valence-electron chi connectivity index (χ0n) is 16.5. The third kappa shape index (κ3) is 5.42. The minimum absolute atomic E-state index is 0.0356. The summed E-state index contributed by atoms with van der Waals surface area (Å²) in [4.78, 5) is 12.9. The highest BCUT2D eigenvalue weighted by Crippen LogP contribution is 2.28. The summed E-state index contributed by atoms with van der Waals surface area (Å²) in [5, 5.41) is 2.97. The Morgan fingerprint density at radius 1 is 1.04 bits per heavy atom. The molecule has 0 bridgehead atoms. The predicted molar refractivity (Wildman–Crippen MR) is 110 cm³/mol. The summed E-state index contributed by atoms with van der Waals surface area (Å²) < 4.78 is 25.0. The van der Waals surface area contributed by atoms with Gasteiger partial charge in [0.15, 0.2) is 9.84 Å². The molecule has 0 aliphatic carbocycles. The summed E-state index contributed by atoms with van der Waals surface area (Å²) in [6.07, 6.45) is 1.26. The Morgan fingerprint density at radius 2 is 1.63 bits per heavy atom. The summed E-state index contributed by atoms with van der Waals surface area (Å²) in [7, 11) is -3.46. The Kier molecular flexibility index (Phi) is 6.82. The monoisotopic (exact) mass is 387 g/mol. The number of amides is 1. The molecule has 2 aromatic rings. The summed E-state index contributed by atoms with van der Waals surface area (Å²) in [6.45, 7) is 8.05. The lowest BCUT2D eigenvalue weighted by atomic mass is 9.79. The van der Waals surface area contributed by atoms with E-state index in [-0.39, 0.29) is 33.6 Å². The molecule has 27 heavy (non-hydrogen) atoms. The molecule has 2 rings (SSSR count). The maximum absolute atomic E-state index is 12.8. The maximum atomic E-state index is 12.8. The Labute approximate surface area is 162 Å². The van der Waals surface area contributed by atoms with Crippen LogP contribution in [0.2, 0.25) is 0 Å². The van der Waals surface area contributed by atoms with Crippen molar-refractivity contribution in [3.63, 3.8) is 0 Å². The molecule has 0 saturated carbocycles. The Hall–Kier alpha value is -2.14. The third-order valence-electron chi connectivity index (χ3n) is 4.69. The first-order chi connectivity index (χ1) is 12.7. The number of benzene rings is 2. The van der Waals surface area contributed by atoms with Crippen molar-refractivity contribution < 1.29 is 13.2 Å². The van der Waals surface area contributed by atoms with Crippen LogP contribution in [0.4, 0.5) is 0 Å². The van der Waals surface area contributed by atoms with Crippen LogP contribution in [0.3, 0.4) is 0 Å². The second-order valence-corrected chi connectivity index (χ2v) is 9.72. The molecule has 0 aromatic heterocycles. The molecule has 0 heterocycles. The number of nitrogens with one attached hydrogen (secondary N) is 1. The quantitative estimate of drug-likeness (QED) is 0.732. The first kappa shape index (κ1) is 21.2. The zero-order valence-corrected chi connectivity index (χ0v) is 17.3. The van der Waals surface area contributed by atoms with Gasteiger partial charge in [-0.15, -0.1) is 0 Å². The van der Waals surface area contributed by atoms with E-state index in [1.807, 2.05) is 32.0 Å². The van der Waals surface area contributed by atoms with Crippen molar-refractivity contribution >= 4 is 15.7 Å². The van der Waals surface area contributed by atoms with E-state index in [1.165, 1.54) is 11.6 Å². The van der Waals surface area contributed by atoms with Gasteiger partial charge in [0.2, 0.25) is 0 Å². The van der Waals surface area contributed by atoms with Crippen molar-refractivity contribution in [2.24, 2.45) is 0 Å². The molecular formula is C22H29NO3S. The fraction of sp³-hybridized carbons (Fsp3) is 0.409. The largest absolute Gasteiger partial charge is 0.350 e. The lowest BCUT2D eigenvalue weighted by molar-refractivity contribution is 0.0931. The molecule has 0 aliphatic heterocycles. The topological polar surface area (TPSA) is 63.2 Å². The fourth-order valence-corrected chi connectivity index (χ4v) is 4.97. The van der Waals surface area contributed by atoms with E-state index in [0.717, 1.165) is 6.42 Å². The summed E-state index contributed by atoms with van der Waals surface area (Å²) in [6, 6.07) is 16.5. The first-order valence-corrected chi connectivity index (χ1v) is 11.0. The summed E-state index contributed by atoms with van der Waals surface area (Å²) >= 11 is 0. The number of hydrogen-bond acceptors (Lipinski definition) is 3. The molecule has 0 radical (unpaired) electrons. The van der Waals surface area contributed by atoms with Gasteiger partial charge >= 0.3 is 0 Å². The van der Waals surface area contributed by atoms with Crippen LogP contribution in [-0.4, -0.2) is 26.1 Å². The average molecular weight is 388 g/mol. The Balaban J connectivity index is 2.16. The van der Waals surface area contributed by atoms with Crippen LogP contribution in [-0.2, 0) is 15.3 Å². The lowest BCUT2D eigenvalue weighted by Crippen LogP contribution is -2.37. The van der Waals surface area contributed by atoms with Crippen LogP contribution in [0.15, 0.2) is 59.5 Å². The number of carbonyl (C=O) groups is 1. The number of hydrogen-bond donors (Lipinski definition) is 1. The van der Waals surface area contributed by atoms with Crippen LogP contribution in [0.1, 0.15) is 56.5 Å². The normalized spacial score (nSPS) is 13.2. The minimum Gasteiger partial charge on any atom is -0.350 e. The van der Waals surface area contributed by atoms with E-state index >= 15 is 0 Å². The molecular weight excluding hydrogens is 358 g/mol. The molecule has 1 N–H and O–H groups in total. The first-order valence-electron chi connectivity index (χ1n) is 9.35. The number of carbonyl (C=O) groups excluding carboxylic acids is 1. The van der Waals surface area contributed by atoms with Gasteiger partial charge in [0.1, 0.15) is 0 Å². The molecule has 1 amide bonds. The van der Waals surface area contributed by atoms with E-state index in [1.54, 1.807) is 18.2 Å². The molecule has 0 spiro atoms. The SMILES string of the molecule is CCCS(=O)(=O)c1ccccc1C(=O)NC(C)CC(C)(C)c1ccccc1. The van der Waals surface area contributed by atoms with Crippen molar-refractivity contribution in [3.8, 4) is 0 Å². The highest BCUT2D eigenvalue weighted by Gasteiger charge is 2.26. The minimum atomic E-state index is -3.46. The summed E-state index contributed by atoms with van der Waals surface area (Å²) in [5.74, 6) is -0.310. The van der Waals surface area contributed by atoms with Crippen molar-refractivity contribution in [3.05, 3.63) is 65.7 Å². The van der Waals surface area contributed by atoms with Gasteiger partial charge in [0.25, 0.3) is 5.91 Å². The Bertz CT molecular complexity index is 873.